The number of hydrogen-bond acceptors (Lipinski definition) is 1. The third-order valence-corrected chi connectivity index (χ3v) is 1.85. The predicted molar refractivity (Wildman–Crippen MR) is 57.2 cm³/mol. The molecule has 2 nitrogen and oxygen atoms in total. The minimum Gasteiger partial charge on any atom is -0.481 e. The minimum absolute atomic E-state index is 0.0764. The largest absolute Gasteiger partial charge is 0.481 e. The van der Waals surface area contributed by atoms with Crippen LogP contribution in [0.5, 0.6) is 0 Å². The van der Waals surface area contributed by atoms with Gasteiger partial charge in [-0.15, -0.1) is 0 Å². The van der Waals surface area contributed by atoms with Crippen molar-refractivity contribution in [3.8, 4) is 0 Å². The molecular formula is C12H14O2. The van der Waals surface area contributed by atoms with Gasteiger partial charge in [0.1, 0.15) is 0 Å². The van der Waals surface area contributed by atoms with E-state index in [2.05, 4.69) is 6.07 Å². The Morgan fingerprint density at radius 2 is 1.86 bits per heavy atom. The van der Waals surface area contributed by atoms with Gasteiger partial charge in [0.2, 0.25) is 0 Å². The SMILES string of the molecule is Cc1cc(C)cc(C=CCC(=O)O)c1. The first kappa shape index (κ1) is 10.5. The van der Waals surface area contributed by atoms with Crippen molar-refractivity contribution >= 4 is 12.0 Å². The van der Waals surface area contributed by atoms with Gasteiger partial charge in [0.25, 0.3) is 0 Å². The van der Waals surface area contributed by atoms with Crippen molar-refractivity contribution in [3.63, 3.8) is 0 Å². The fourth-order valence-corrected chi connectivity index (χ4v) is 1.40. The van der Waals surface area contributed by atoms with Crippen molar-refractivity contribution in [2.75, 3.05) is 0 Å². The Labute approximate surface area is 83.9 Å². The Bertz CT molecular complexity index is 344. The second-order valence-corrected chi connectivity index (χ2v) is 3.42. The molecule has 0 aromatic heterocycles. The van der Waals surface area contributed by atoms with E-state index in [1.165, 1.54) is 11.1 Å². The summed E-state index contributed by atoms with van der Waals surface area (Å²) in [6, 6.07) is 6.16. The average molecular weight is 190 g/mol. The highest BCUT2D eigenvalue weighted by Gasteiger charge is 1.93. The summed E-state index contributed by atoms with van der Waals surface area (Å²) < 4.78 is 0. The summed E-state index contributed by atoms with van der Waals surface area (Å²) in [5.41, 5.74) is 3.45. The first-order valence-electron chi connectivity index (χ1n) is 4.54. The third-order valence-electron chi connectivity index (χ3n) is 1.85. The normalized spacial score (nSPS) is 10.7. The van der Waals surface area contributed by atoms with Crippen LogP contribution in [0.4, 0.5) is 0 Å². The molecule has 0 aliphatic rings. The fraction of sp³-hybridized carbons (Fsp3) is 0.250. The van der Waals surface area contributed by atoms with E-state index >= 15 is 0 Å². The number of carboxylic acids is 1. The standard InChI is InChI=1S/C12H14O2/c1-9-6-10(2)8-11(7-9)4-3-5-12(13)14/h3-4,6-8H,5H2,1-2H3,(H,13,14). The van der Waals surface area contributed by atoms with E-state index < -0.39 is 5.97 Å². The summed E-state index contributed by atoms with van der Waals surface area (Å²) in [6.07, 6.45) is 3.58. The average Bonchev–Trinajstić information content (AvgIpc) is 2.01. The molecule has 1 rings (SSSR count). The predicted octanol–water partition coefficient (Wildman–Crippen LogP) is 2.79. The van der Waals surface area contributed by atoms with Gasteiger partial charge in [0.15, 0.2) is 0 Å². The van der Waals surface area contributed by atoms with E-state index in [4.69, 9.17) is 5.11 Å². The molecule has 0 fully saturated rings. The molecule has 0 spiro atoms. The van der Waals surface area contributed by atoms with Gasteiger partial charge in [0.05, 0.1) is 6.42 Å². The zero-order chi connectivity index (χ0) is 10.6. The van der Waals surface area contributed by atoms with Crippen LogP contribution < -0.4 is 0 Å². The zero-order valence-electron chi connectivity index (χ0n) is 8.45. The second kappa shape index (κ2) is 4.61. The van der Waals surface area contributed by atoms with Gasteiger partial charge >= 0.3 is 5.97 Å². The van der Waals surface area contributed by atoms with Gasteiger partial charge in [0, 0.05) is 0 Å². The van der Waals surface area contributed by atoms with Crippen LogP contribution in [0, 0.1) is 13.8 Å². The maximum atomic E-state index is 10.3. The smallest absolute Gasteiger partial charge is 0.307 e. The van der Waals surface area contributed by atoms with Crippen LogP contribution in [0.1, 0.15) is 23.1 Å². The van der Waals surface area contributed by atoms with E-state index in [9.17, 15) is 4.79 Å². The Kier molecular flexibility index (Phi) is 3.46. The molecule has 0 saturated carbocycles. The minimum atomic E-state index is -0.800. The van der Waals surface area contributed by atoms with Crippen LogP contribution in [0.3, 0.4) is 0 Å². The topological polar surface area (TPSA) is 37.3 Å². The fourth-order valence-electron chi connectivity index (χ4n) is 1.40. The van der Waals surface area contributed by atoms with Gasteiger partial charge in [-0.2, -0.15) is 0 Å². The molecule has 0 amide bonds. The van der Waals surface area contributed by atoms with Gasteiger partial charge < -0.3 is 5.11 Å². The highest BCUT2D eigenvalue weighted by Crippen LogP contribution is 2.10. The van der Waals surface area contributed by atoms with Crippen LogP contribution >= 0.6 is 0 Å². The number of rotatable bonds is 3. The number of hydrogen-bond donors (Lipinski definition) is 1. The van der Waals surface area contributed by atoms with Gasteiger partial charge in [-0.25, -0.2) is 0 Å². The van der Waals surface area contributed by atoms with E-state index in [-0.39, 0.29) is 6.42 Å². The number of aliphatic carboxylic acids is 1. The molecule has 1 aromatic rings. The molecule has 0 aliphatic carbocycles. The quantitative estimate of drug-likeness (QED) is 0.795. The molecular weight excluding hydrogens is 176 g/mol. The Hall–Kier alpha value is -1.57. The Balaban J connectivity index is 2.76. The van der Waals surface area contributed by atoms with Gasteiger partial charge in [-0.1, -0.05) is 41.5 Å². The number of aryl methyl sites for hydroxylation is 2. The molecule has 2 heteroatoms. The highest BCUT2D eigenvalue weighted by molar-refractivity contribution is 5.70. The molecule has 74 valence electrons. The van der Waals surface area contributed by atoms with Crippen molar-refractivity contribution in [2.24, 2.45) is 0 Å². The van der Waals surface area contributed by atoms with Crippen molar-refractivity contribution in [1.82, 2.24) is 0 Å². The first-order chi connectivity index (χ1) is 6.58. The second-order valence-electron chi connectivity index (χ2n) is 3.42. The maximum Gasteiger partial charge on any atom is 0.307 e. The highest BCUT2D eigenvalue weighted by atomic mass is 16.4. The van der Waals surface area contributed by atoms with Crippen molar-refractivity contribution in [1.29, 1.82) is 0 Å². The third kappa shape index (κ3) is 3.44. The Morgan fingerprint density at radius 1 is 1.29 bits per heavy atom. The maximum absolute atomic E-state index is 10.3. The van der Waals surface area contributed by atoms with Crippen LogP contribution in [0.25, 0.3) is 6.08 Å². The molecule has 0 radical (unpaired) electrons. The van der Waals surface area contributed by atoms with Crippen molar-refractivity contribution in [3.05, 3.63) is 41.0 Å². The lowest BCUT2D eigenvalue weighted by Crippen LogP contribution is -1.89. The summed E-state index contributed by atoms with van der Waals surface area (Å²) >= 11 is 0. The Morgan fingerprint density at radius 3 is 2.36 bits per heavy atom. The molecule has 0 aliphatic heterocycles. The van der Waals surface area contributed by atoms with Crippen molar-refractivity contribution in [2.45, 2.75) is 20.3 Å². The van der Waals surface area contributed by atoms with Gasteiger partial charge in [-0.3, -0.25) is 4.79 Å². The molecule has 0 saturated heterocycles. The lowest BCUT2D eigenvalue weighted by atomic mass is 10.1. The molecule has 1 aromatic carbocycles. The molecule has 0 heterocycles. The van der Waals surface area contributed by atoms with E-state index in [1.54, 1.807) is 6.08 Å². The van der Waals surface area contributed by atoms with E-state index in [0.29, 0.717) is 0 Å². The molecule has 14 heavy (non-hydrogen) atoms. The zero-order valence-corrected chi connectivity index (χ0v) is 8.45. The van der Waals surface area contributed by atoms with E-state index in [1.807, 2.05) is 32.1 Å². The van der Waals surface area contributed by atoms with Crippen LogP contribution in [0.2, 0.25) is 0 Å². The molecule has 0 atom stereocenters. The van der Waals surface area contributed by atoms with Crippen molar-refractivity contribution < 1.29 is 9.90 Å². The molecule has 1 N–H and O–H groups in total. The summed E-state index contributed by atoms with van der Waals surface area (Å²) in [7, 11) is 0. The van der Waals surface area contributed by atoms with Crippen LogP contribution in [-0.2, 0) is 4.79 Å². The number of carboxylic acid groups (broad SMARTS) is 1. The number of benzene rings is 1. The summed E-state index contributed by atoms with van der Waals surface area (Å²) in [6.45, 7) is 4.06. The van der Waals surface area contributed by atoms with Gasteiger partial charge in [-0.05, 0) is 19.4 Å². The lowest BCUT2D eigenvalue weighted by molar-refractivity contribution is -0.135. The van der Waals surface area contributed by atoms with E-state index in [0.717, 1.165) is 5.56 Å². The lowest BCUT2D eigenvalue weighted by Gasteiger charge is -1.99. The van der Waals surface area contributed by atoms with Crippen LogP contribution in [-0.4, -0.2) is 11.1 Å². The summed E-state index contributed by atoms with van der Waals surface area (Å²) in [5, 5.41) is 8.45. The number of carbonyl (C=O) groups is 1. The monoisotopic (exact) mass is 190 g/mol. The van der Waals surface area contributed by atoms with Crippen LogP contribution in [0.15, 0.2) is 24.3 Å². The summed E-state index contributed by atoms with van der Waals surface area (Å²) in [4.78, 5) is 10.3. The first-order valence-corrected chi connectivity index (χ1v) is 4.54. The molecule has 0 unspecified atom stereocenters. The molecule has 0 bridgehead atoms. The summed E-state index contributed by atoms with van der Waals surface area (Å²) in [5.74, 6) is -0.800.